The Balaban J connectivity index is 2.53. The Bertz CT molecular complexity index is 396. The van der Waals surface area contributed by atoms with E-state index in [1.54, 1.807) is 4.90 Å². The molecule has 1 rings (SSSR count). The molecule has 0 saturated carbocycles. The SMILES string of the molecule is CC1CN(C)CCN1C(=O)C(N)CCS(C)(=O)=O. The molecule has 1 amide bonds. The van der Waals surface area contributed by atoms with Crippen molar-refractivity contribution in [3.05, 3.63) is 0 Å². The number of nitrogens with zero attached hydrogens (tertiary/aromatic N) is 2. The first-order valence-corrected chi connectivity index (χ1v) is 8.19. The second-order valence-corrected chi connectivity index (χ2v) is 7.43. The molecule has 2 atom stereocenters. The van der Waals surface area contributed by atoms with Gasteiger partial charge in [-0.1, -0.05) is 0 Å². The molecule has 0 aliphatic carbocycles. The summed E-state index contributed by atoms with van der Waals surface area (Å²) in [6, 6.07) is -0.592. The molecule has 6 nitrogen and oxygen atoms in total. The summed E-state index contributed by atoms with van der Waals surface area (Å²) in [7, 11) is -1.05. The van der Waals surface area contributed by atoms with E-state index in [2.05, 4.69) is 4.90 Å². The van der Waals surface area contributed by atoms with Crippen molar-refractivity contribution in [3.8, 4) is 0 Å². The number of carbonyl (C=O) groups is 1. The van der Waals surface area contributed by atoms with Gasteiger partial charge in [0.15, 0.2) is 0 Å². The van der Waals surface area contributed by atoms with Crippen LogP contribution in [0.5, 0.6) is 0 Å². The molecule has 1 aliphatic rings. The van der Waals surface area contributed by atoms with Crippen LogP contribution in [0.3, 0.4) is 0 Å². The summed E-state index contributed by atoms with van der Waals surface area (Å²) < 4.78 is 22.1. The van der Waals surface area contributed by atoms with Crippen molar-refractivity contribution in [2.24, 2.45) is 5.73 Å². The number of carbonyl (C=O) groups excluding carboxylic acids is 1. The van der Waals surface area contributed by atoms with Crippen LogP contribution < -0.4 is 5.73 Å². The van der Waals surface area contributed by atoms with Crippen molar-refractivity contribution in [1.29, 1.82) is 0 Å². The van der Waals surface area contributed by atoms with Crippen LogP contribution in [0.2, 0.25) is 0 Å². The first kappa shape index (κ1) is 15.4. The number of sulfone groups is 1. The number of hydrogen-bond donors (Lipinski definition) is 1. The lowest BCUT2D eigenvalue weighted by Crippen LogP contribution is -2.56. The van der Waals surface area contributed by atoms with Gasteiger partial charge in [0.1, 0.15) is 9.84 Å². The zero-order valence-corrected chi connectivity index (χ0v) is 12.1. The molecule has 1 fully saturated rings. The molecule has 1 heterocycles. The highest BCUT2D eigenvalue weighted by atomic mass is 32.2. The number of hydrogen-bond acceptors (Lipinski definition) is 5. The van der Waals surface area contributed by atoms with Crippen LogP contribution >= 0.6 is 0 Å². The van der Waals surface area contributed by atoms with Gasteiger partial charge in [0, 0.05) is 31.9 Å². The summed E-state index contributed by atoms with van der Waals surface area (Å²) in [5.74, 6) is -0.179. The fraction of sp³-hybridized carbons (Fsp3) is 0.909. The number of piperazine rings is 1. The van der Waals surface area contributed by atoms with Gasteiger partial charge in [-0.15, -0.1) is 0 Å². The van der Waals surface area contributed by atoms with Crippen molar-refractivity contribution < 1.29 is 13.2 Å². The van der Waals surface area contributed by atoms with Gasteiger partial charge in [-0.25, -0.2) is 8.42 Å². The fourth-order valence-electron chi connectivity index (χ4n) is 2.14. The molecule has 1 saturated heterocycles. The second-order valence-electron chi connectivity index (χ2n) is 5.17. The zero-order valence-electron chi connectivity index (χ0n) is 11.3. The van der Waals surface area contributed by atoms with Crippen LogP contribution in [-0.2, 0) is 14.6 Å². The standard InChI is InChI=1S/C11H23N3O3S/c1-9-8-13(2)5-6-14(9)11(15)10(12)4-7-18(3,16)17/h9-10H,4-8,12H2,1-3H3. The lowest BCUT2D eigenvalue weighted by atomic mass is 10.1. The van der Waals surface area contributed by atoms with Crippen LogP contribution in [0.4, 0.5) is 0 Å². The topological polar surface area (TPSA) is 83.7 Å². The fourth-order valence-corrected chi connectivity index (χ4v) is 2.83. The molecule has 0 bridgehead atoms. The Morgan fingerprint density at radius 3 is 2.56 bits per heavy atom. The molecule has 2 unspecified atom stereocenters. The van der Waals surface area contributed by atoms with E-state index >= 15 is 0 Å². The van der Waals surface area contributed by atoms with Crippen LogP contribution in [0.1, 0.15) is 13.3 Å². The number of nitrogens with two attached hydrogens (primary N) is 1. The van der Waals surface area contributed by atoms with Crippen molar-refractivity contribution in [3.63, 3.8) is 0 Å². The third kappa shape index (κ3) is 4.55. The van der Waals surface area contributed by atoms with Crippen molar-refractivity contribution in [2.75, 3.05) is 38.7 Å². The predicted octanol–water partition coefficient (Wildman–Crippen LogP) is -1.09. The first-order chi connectivity index (χ1) is 8.20. The number of amides is 1. The summed E-state index contributed by atoms with van der Waals surface area (Å²) in [5, 5.41) is 0. The molecule has 0 aromatic heterocycles. The average Bonchev–Trinajstić information content (AvgIpc) is 2.24. The van der Waals surface area contributed by atoms with Gasteiger partial charge in [-0.3, -0.25) is 4.79 Å². The van der Waals surface area contributed by atoms with Gasteiger partial charge in [-0.05, 0) is 20.4 Å². The van der Waals surface area contributed by atoms with E-state index in [1.807, 2.05) is 14.0 Å². The zero-order chi connectivity index (χ0) is 13.9. The molecule has 106 valence electrons. The molecular weight excluding hydrogens is 254 g/mol. The second kappa shape index (κ2) is 5.99. The maximum Gasteiger partial charge on any atom is 0.239 e. The van der Waals surface area contributed by atoms with E-state index in [1.165, 1.54) is 0 Å². The molecule has 0 aromatic carbocycles. The third-order valence-electron chi connectivity index (χ3n) is 3.23. The molecule has 2 N–H and O–H groups in total. The summed E-state index contributed by atoms with van der Waals surface area (Å²) in [6.07, 6.45) is 1.35. The maximum atomic E-state index is 12.1. The lowest BCUT2D eigenvalue weighted by Gasteiger charge is -2.39. The molecule has 18 heavy (non-hydrogen) atoms. The monoisotopic (exact) mass is 277 g/mol. The van der Waals surface area contributed by atoms with E-state index in [0.717, 1.165) is 19.3 Å². The minimum absolute atomic E-state index is 0.0397. The van der Waals surface area contributed by atoms with Crippen molar-refractivity contribution >= 4 is 15.7 Å². The van der Waals surface area contributed by atoms with Crippen molar-refractivity contribution in [2.45, 2.75) is 25.4 Å². The minimum atomic E-state index is -3.06. The van der Waals surface area contributed by atoms with E-state index in [-0.39, 0.29) is 24.1 Å². The van der Waals surface area contributed by atoms with E-state index in [9.17, 15) is 13.2 Å². The third-order valence-corrected chi connectivity index (χ3v) is 4.21. The minimum Gasteiger partial charge on any atom is -0.336 e. The Hall–Kier alpha value is -0.660. The normalized spacial score (nSPS) is 24.0. The summed E-state index contributed by atoms with van der Waals surface area (Å²) in [4.78, 5) is 16.0. The van der Waals surface area contributed by atoms with Crippen LogP contribution in [0.15, 0.2) is 0 Å². The maximum absolute atomic E-state index is 12.1. The summed E-state index contributed by atoms with van der Waals surface area (Å²) in [5.41, 5.74) is 5.78. The van der Waals surface area contributed by atoms with Gasteiger partial charge in [-0.2, -0.15) is 0 Å². The van der Waals surface area contributed by atoms with Gasteiger partial charge in [0.25, 0.3) is 0 Å². The quantitative estimate of drug-likeness (QED) is 0.706. The van der Waals surface area contributed by atoms with Crippen molar-refractivity contribution in [1.82, 2.24) is 9.80 Å². The molecular formula is C11H23N3O3S. The predicted molar refractivity (Wildman–Crippen MR) is 71.0 cm³/mol. The Morgan fingerprint density at radius 1 is 1.44 bits per heavy atom. The highest BCUT2D eigenvalue weighted by molar-refractivity contribution is 7.90. The van der Waals surface area contributed by atoms with Crippen LogP contribution in [-0.4, -0.2) is 74.9 Å². The number of likely N-dealkylation sites (N-methyl/N-ethyl adjacent to an activating group) is 1. The van der Waals surface area contributed by atoms with Crippen LogP contribution in [0, 0.1) is 0 Å². The Labute approximate surface area is 109 Å². The van der Waals surface area contributed by atoms with E-state index in [0.29, 0.717) is 6.54 Å². The Morgan fingerprint density at radius 2 is 2.06 bits per heavy atom. The molecule has 7 heteroatoms. The van der Waals surface area contributed by atoms with Crippen LogP contribution in [0.25, 0.3) is 0 Å². The first-order valence-electron chi connectivity index (χ1n) is 6.13. The van der Waals surface area contributed by atoms with E-state index in [4.69, 9.17) is 5.73 Å². The molecule has 0 spiro atoms. The summed E-state index contributed by atoms with van der Waals surface area (Å²) in [6.45, 7) is 4.29. The molecule has 0 radical (unpaired) electrons. The Kier molecular flexibility index (Phi) is 5.12. The highest BCUT2D eigenvalue weighted by Gasteiger charge is 2.29. The molecule has 1 aliphatic heterocycles. The average molecular weight is 277 g/mol. The highest BCUT2D eigenvalue weighted by Crippen LogP contribution is 2.10. The van der Waals surface area contributed by atoms with Gasteiger partial charge in [0.05, 0.1) is 11.8 Å². The largest absolute Gasteiger partial charge is 0.336 e. The van der Waals surface area contributed by atoms with Gasteiger partial charge < -0.3 is 15.5 Å². The van der Waals surface area contributed by atoms with Gasteiger partial charge in [0.2, 0.25) is 5.91 Å². The molecule has 0 aromatic rings. The lowest BCUT2D eigenvalue weighted by molar-refractivity contribution is -0.136. The summed E-state index contributed by atoms with van der Waals surface area (Å²) >= 11 is 0. The van der Waals surface area contributed by atoms with E-state index < -0.39 is 15.9 Å². The van der Waals surface area contributed by atoms with Gasteiger partial charge >= 0.3 is 0 Å². The number of rotatable bonds is 4. The smallest absolute Gasteiger partial charge is 0.239 e.